The van der Waals surface area contributed by atoms with Gasteiger partial charge in [0.1, 0.15) is 5.82 Å². The topological polar surface area (TPSA) is 123 Å². The van der Waals surface area contributed by atoms with E-state index in [1.807, 2.05) is 14.1 Å². The minimum Gasteiger partial charge on any atom is -0.490 e. The maximum absolute atomic E-state index is 12.7. The van der Waals surface area contributed by atoms with E-state index in [9.17, 15) is 14.9 Å². The van der Waals surface area contributed by atoms with Crippen LogP contribution in [0.15, 0.2) is 18.2 Å². The van der Waals surface area contributed by atoms with Crippen molar-refractivity contribution in [3.05, 3.63) is 45.1 Å². The van der Waals surface area contributed by atoms with Gasteiger partial charge in [-0.2, -0.15) is 4.98 Å². The number of nitro groups is 1. The summed E-state index contributed by atoms with van der Waals surface area (Å²) in [5, 5.41) is 17.6. The highest BCUT2D eigenvalue weighted by Crippen LogP contribution is 2.30. The highest BCUT2D eigenvalue weighted by molar-refractivity contribution is 5.95. The molecule has 1 fully saturated rings. The van der Waals surface area contributed by atoms with Crippen molar-refractivity contribution in [2.75, 3.05) is 31.4 Å². The molecule has 1 heterocycles. The molecule has 2 aliphatic rings. The Hall–Kier alpha value is -3.43. The van der Waals surface area contributed by atoms with Crippen molar-refractivity contribution in [1.82, 2.24) is 15.3 Å². The molecule has 0 unspecified atom stereocenters. The molecule has 0 bridgehead atoms. The summed E-state index contributed by atoms with van der Waals surface area (Å²) in [6.45, 7) is 0. The van der Waals surface area contributed by atoms with Crippen LogP contribution in [0.5, 0.6) is 5.75 Å². The van der Waals surface area contributed by atoms with Crippen molar-refractivity contribution >= 4 is 23.4 Å². The molecule has 1 aromatic heterocycles. The fourth-order valence-corrected chi connectivity index (χ4v) is 4.81. The Kier molecular flexibility index (Phi) is 7.14. The molecule has 10 heteroatoms. The minimum absolute atomic E-state index is 0.0496. The highest BCUT2D eigenvalue weighted by atomic mass is 16.6. The van der Waals surface area contributed by atoms with Gasteiger partial charge in [0.15, 0.2) is 5.75 Å². The predicted octanol–water partition coefficient (Wildman–Crippen LogP) is 3.49. The van der Waals surface area contributed by atoms with Gasteiger partial charge in [0.2, 0.25) is 5.95 Å². The third-order valence-electron chi connectivity index (χ3n) is 6.62. The Labute approximate surface area is 199 Å². The molecule has 0 saturated heterocycles. The minimum atomic E-state index is -0.525. The number of rotatable bonds is 7. The Morgan fingerprint density at radius 1 is 1.12 bits per heavy atom. The molecule has 0 atom stereocenters. The van der Waals surface area contributed by atoms with Gasteiger partial charge in [-0.15, -0.1) is 0 Å². The van der Waals surface area contributed by atoms with Crippen LogP contribution in [0.1, 0.15) is 60.1 Å². The van der Waals surface area contributed by atoms with E-state index in [0.29, 0.717) is 11.5 Å². The summed E-state index contributed by atoms with van der Waals surface area (Å²) in [5.41, 5.74) is 2.62. The summed E-state index contributed by atoms with van der Waals surface area (Å²) in [5.74, 6) is 1.52. The Balaban J connectivity index is 1.35. The normalized spacial score (nSPS) is 19.6. The van der Waals surface area contributed by atoms with E-state index in [0.717, 1.165) is 50.0 Å². The van der Waals surface area contributed by atoms with Gasteiger partial charge >= 0.3 is 5.69 Å². The molecule has 2 aromatic rings. The van der Waals surface area contributed by atoms with Crippen LogP contribution < -0.4 is 20.3 Å². The van der Waals surface area contributed by atoms with Gasteiger partial charge in [-0.3, -0.25) is 14.9 Å². The van der Waals surface area contributed by atoms with Crippen molar-refractivity contribution in [3.63, 3.8) is 0 Å². The number of anilines is 2. The number of nitrogens with zero attached hydrogens (tertiary/aromatic N) is 4. The predicted molar refractivity (Wildman–Crippen MR) is 130 cm³/mol. The number of carbonyl (C=O) groups is 1. The van der Waals surface area contributed by atoms with E-state index < -0.39 is 4.92 Å². The average Bonchev–Trinajstić information content (AvgIpc) is 2.84. The van der Waals surface area contributed by atoms with Crippen LogP contribution in [0.25, 0.3) is 0 Å². The molecule has 182 valence electrons. The van der Waals surface area contributed by atoms with E-state index in [1.54, 1.807) is 0 Å². The van der Waals surface area contributed by atoms with Crippen LogP contribution in [-0.4, -0.2) is 54.1 Å². The van der Waals surface area contributed by atoms with E-state index >= 15 is 0 Å². The Bertz CT molecular complexity index is 1070. The summed E-state index contributed by atoms with van der Waals surface area (Å²) >= 11 is 0. The van der Waals surface area contributed by atoms with Crippen LogP contribution in [0.2, 0.25) is 0 Å². The number of aryl methyl sites for hydroxylation is 1. The van der Waals surface area contributed by atoms with Crippen molar-refractivity contribution < 1.29 is 14.5 Å². The largest absolute Gasteiger partial charge is 0.490 e. The molecule has 0 aliphatic heterocycles. The summed E-state index contributed by atoms with van der Waals surface area (Å²) in [6, 6.07) is 4.47. The number of ether oxygens (including phenoxy) is 1. The second-order valence-corrected chi connectivity index (χ2v) is 9.21. The number of aromatic nitrogens is 2. The van der Waals surface area contributed by atoms with Crippen molar-refractivity contribution in [2.24, 2.45) is 0 Å². The molecular weight excluding hydrogens is 436 g/mol. The van der Waals surface area contributed by atoms with Crippen LogP contribution in [0.3, 0.4) is 0 Å². The number of fused-ring (bicyclic) bond motifs is 1. The lowest BCUT2D eigenvalue weighted by atomic mass is 9.91. The van der Waals surface area contributed by atoms with Gasteiger partial charge in [0.05, 0.1) is 17.7 Å². The first kappa shape index (κ1) is 23.7. The maximum atomic E-state index is 12.7. The summed E-state index contributed by atoms with van der Waals surface area (Å²) in [7, 11) is 5.40. The number of carbonyl (C=O) groups excluding carboxylic acids is 1. The number of nitrogens with one attached hydrogen (secondary N) is 2. The van der Waals surface area contributed by atoms with Crippen LogP contribution in [0.4, 0.5) is 17.5 Å². The zero-order chi connectivity index (χ0) is 24.2. The monoisotopic (exact) mass is 468 g/mol. The first-order valence-corrected chi connectivity index (χ1v) is 11.8. The van der Waals surface area contributed by atoms with E-state index in [4.69, 9.17) is 14.7 Å². The van der Waals surface area contributed by atoms with Crippen molar-refractivity contribution in [1.29, 1.82) is 0 Å². The molecule has 0 radical (unpaired) electrons. The molecule has 2 aliphatic carbocycles. The number of hydrogen-bond donors (Lipinski definition) is 2. The number of amides is 1. The second kappa shape index (κ2) is 10.2. The number of nitro benzene ring substituents is 1. The van der Waals surface area contributed by atoms with Gasteiger partial charge in [-0.05, 0) is 57.4 Å². The quantitative estimate of drug-likeness (QED) is 0.468. The third-order valence-corrected chi connectivity index (χ3v) is 6.62. The smallest absolute Gasteiger partial charge is 0.310 e. The molecule has 1 amide bonds. The fraction of sp³-hybridized carbons (Fsp3) is 0.542. The van der Waals surface area contributed by atoms with Gasteiger partial charge in [0.25, 0.3) is 5.91 Å². The SMILES string of the molecule is COc1cc(C(=O)NC2CCC(Nc3nc4c(c(N(C)C)n3)CCCC4)CC2)ccc1[N+](=O)[O-]. The van der Waals surface area contributed by atoms with Crippen molar-refractivity contribution in [2.45, 2.75) is 63.5 Å². The van der Waals surface area contributed by atoms with Crippen molar-refractivity contribution in [3.8, 4) is 5.75 Å². The van der Waals surface area contributed by atoms with Crippen LogP contribution in [-0.2, 0) is 12.8 Å². The van der Waals surface area contributed by atoms with Gasteiger partial charge < -0.3 is 20.3 Å². The first-order valence-electron chi connectivity index (χ1n) is 11.8. The maximum Gasteiger partial charge on any atom is 0.310 e. The molecule has 34 heavy (non-hydrogen) atoms. The fourth-order valence-electron chi connectivity index (χ4n) is 4.81. The molecule has 10 nitrogen and oxygen atoms in total. The summed E-state index contributed by atoms with van der Waals surface area (Å²) in [6.07, 6.45) is 7.85. The first-order chi connectivity index (χ1) is 16.4. The third kappa shape index (κ3) is 5.21. The Morgan fingerprint density at radius 2 is 1.82 bits per heavy atom. The molecule has 1 saturated carbocycles. The lowest BCUT2D eigenvalue weighted by molar-refractivity contribution is -0.385. The van der Waals surface area contributed by atoms with Crippen LogP contribution >= 0.6 is 0 Å². The molecule has 1 aromatic carbocycles. The Morgan fingerprint density at radius 3 is 2.50 bits per heavy atom. The molecule has 0 spiro atoms. The van der Waals surface area contributed by atoms with E-state index in [1.165, 1.54) is 43.7 Å². The van der Waals surface area contributed by atoms with Gasteiger partial charge in [-0.25, -0.2) is 4.98 Å². The van der Waals surface area contributed by atoms with Gasteiger partial charge in [-0.1, -0.05) is 0 Å². The number of methoxy groups -OCH3 is 1. The van der Waals surface area contributed by atoms with E-state index in [-0.39, 0.29) is 29.4 Å². The second-order valence-electron chi connectivity index (χ2n) is 9.21. The number of benzene rings is 1. The average molecular weight is 469 g/mol. The standard InChI is InChI=1S/C24H32N6O4/c1-29(2)22-18-6-4-5-7-19(18)27-24(28-22)26-17-11-9-16(10-12-17)25-23(31)15-8-13-20(30(32)33)21(14-15)34-3/h8,13-14,16-17H,4-7,9-12H2,1-3H3,(H,25,31)(H,26,27,28). The zero-order valence-corrected chi connectivity index (χ0v) is 20.0. The van der Waals surface area contributed by atoms with Gasteiger partial charge in [0, 0.05) is 49.4 Å². The molecular formula is C24H32N6O4. The number of hydrogen-bond acceptors (Lipinski definition) is 8. The molecule has 4 rings (SSSR count). The lowest BCUT2D eigenvalue weighted by Crippen LogP contribution is -2.40. The highest BCUT2D eigenvalue weighted by Gasteiger charge is 2.26. The summed E-state index contributed by atoms with van der Waals surface area (Å²) in [4.78, 5) is 34.9. The lowest BCUT2D eigenvalue weighted by Gasteiger charge is -2.30. The molecule has 2 N–H and O–H groups in total. The van der Waals surface area contributed by atoms with Crippen LogP contribution in [0, 0.1) is 10.1 Å². The van der Waals surface area contributed by atoms with E-state index in [2.05, 4.69) is 15.5 Å². The zero-order valence-electron chi connectivity index (χ0n) is 20.0. The summed E-state index contributed by atoms with van der Waals surface area (Å²) < 4.78 is 5.07.